The number of rotatable bonds is 2. The van der Waals surface area contributed by atoms with Crippen molar-refractivity contribution < 1.29 is 0 Å². The molecule has 1 aliphatic carbocycles. The SMILES string of the molecule is C1=c2c3ccccc3c3c4ccccc4cc4sc(c2c43)C(c2nc(-c3ccccc3)c3ccccc3n2)C1. The van der Waals surface area contributed by atoms with Crippen LogP contribution in [0.3, 0.4) is 0 Å². The van der Waals surface area contributed by atoms with Crippen LogP contribution < -0.4 is 5.22 Å². The van der Waals surface area contributed by atoms with Crippen molar-refractivity contribution in [3.63, 3.8) is 0 Å². The molecule has 1 atom stereocenters. The van der Waals surface area contributed by atoms with Crippen LogP contribution >= 0.6 is 11.3 Å². The Kier molecular flexibility index (Phi) is 4.35. The van der Waals surface area contributed by atoms with Gasteiger partial charge in [0.1, 0.15) is 5.82 Å². The van der Waals surface area contributed by atoms with E-state index < -0.39 is 0 Å². The second-order valence-electron chi connectivity index (χ2n) is 10.5. The number of aromatic nitrogens is 2. The predicted molar refractivity (Wildman–Crippen MR) is 165 cm³/mol. The Morgan fingerprint density at radius 1 is 0.615 bits per heavy atom. The van der Waals surface area contributed by atoms with Gasteiger partial charge in [-0.05, 0) is 50.7 Å². The zero-order valence-corrected chi connectivity index (χ0v) is 21.9. The summed E-state index contributed by atoms with van der Waals surface area (Å²) in [5, 5.41) is 11.9. The molecule has 0 aliphatic heterocycles. The van der Waals surface area contributed by atoms with Crippen LogP contribution in [0.1, 0.15) is 23.0 Å². The minimum absolute atomic E-state index is 0.120. The van der Waals surface area contributed by atoms with Crippen LogP contribution in [0.5, 0.6) is 0 Å². The van der Waals surface area contributed by atoms with Crippen molar-refractivity contribution in [2.45, 2.75) is 12.3 Å². The Bertz CT molecular complexity index is 2310. The third kappa shape index (κ3) is 2.96. The lowest BCUT2D eigenvalue weighted by atomic mass is 9.86. The number of hydrogen-bond acceptors (Lipinski definition) is 3. The molecule has 1 unspecified atom stereocenters. The summed E-state index contributed by atoms with van der Waals surface area (Å²) in [5.41, 5.74) is 3.14. The summed E-state index contributed by atoms with van der Waals surface area (Å²) < 4.78 is 1.35. The summed E-state index contributed by atoms with van der Waals surface area (Å²) in [6.07, 6.45) is 3.34. The van der Waals surface area contributed by atoms with Crippen LogP contribution in [-0.2, 0) is 0 Å². The molecule has 0 bridgehead atoms. The van der Waals surface area contributed by atoms with E-state index in [1.54, 1.807) is 0 Å². The fraction of sp³-hybridized carbons (Fsp3) is 0.0556. The van der Waals surface area contributed by atoms with Gasteiger partial charge in [-0.1, -0.05) is 103 Å². The smallest absolute Gasteiger partial charge is 0.138 e. The van der Waals surface area contributed by atoms with Gasteiger partial charge in [-0.2, -0.15) is 0 Å². The summed E-state index contributed by atoms with van der Waals surface area (Å²) in [4.78, 5) is 11.9. The molecule has 0 spiro atoms. The van der Waals surface area contributed by atoms with Crippen molar-refractivity contribution in [3.05, 3.63) is 125 Å². The molecular formula is C36H22N2S. The summed E-state index contributed by atoms with van der Waals surface area (Å²) in [7, 11) is 0. The molecule has 182 valence electrons. The first-order valence-electron chi connectivity index (χ1n) is 13.5. The zero-order chi connectivity index (χ0) is 25.5. The van der Waals surface area contributed by atoms with E-state index in [2.05, 4.69) is 115 Å². The second kappa shape index (κ2) is 7.95. The average Bonchev–Trinajstić information content (AvgIpc) is 3.39. The highest BCUT2D eigenvalue weighted by molar-refractivity contribution is 7.20. The van der Waals surface area contributed by atoms with Gasteiger partial charge in [-0.25, -0.2) is 9.97 Å². The van der Waals surface area contributed by atoms with Crippen molar-refractivity contribution in [1.82, 2.24) is 9.97 Å². The number of benzene rings is 6. The molecule has 3 heteroatoms. The fourth-order valence-electron chi connectivity index (χ4n) is 6.65. The molecule has 2 nitrogen and oxygen atoms in total. The lowest BCUT2D eigenvalue weighted by molar-refractivity contribution is 0.794. The van der Waals surface area contributed by atoms with Crippen LogP contribution in [0.4, 0.5) is 0 Å². The Balaban J connectivity index is 1.39. The van der Waals surface area contributed by atoms with Gasteiger partial charge in [0.2, 0.25) is 0 Å². The first-order chi connectivity index (χ1) is 19.3. The maximum absolute atomic E-state index is 5.30. The third-order valence-corrected chi connectivity index (χ3v) is 9.59. The number of para-hydroxylation sites is 1. The zero-order valence-electron chi connectivity index (χ0n) is 21.1. The molecule has 9 rings (SSSR count). The second-order valence-corrected chi connectivity index (χ2v) is 11.5. The molecule has 2 heterocycles. The van der Waals surface area contributed by atoms with Crippen molar-refractivity contribution in [2.75, 3.05) is 0 Å². The summed E-state index contributed by atoms with van der Waals surface area (Å²) >= 11 is 1.93. The normalized spacial score (nSPS) is 15.0. The largest absolute Gasteiger partial charge is 0.232 e. The van der Waals surface area contributed by atoms with Gasteiger partial charge in [0, 0.05) is 31.3 Å². The maximum atomic E-state index is 5.30. The summed E-state index contributed by atoms with van der Waals surface area (Å²) in [6, 6.07) is 39.1. The predicted octanol–water partition coefficient (Wildman–Crippen LogP) is 9.01. The average molecular weight is 515 g/mol. The van der Waals surface area contributed by atoms with E-state index in [0.29, 0.717) is 0 Å². The minimum Gasteiger partial charge on any atom is -0.232 e. The Labute approximate surface area is 228 Å². The van der Waals surface area contributed by atoms with Gasteiger partial charge >= 0.3 is 0 Å². The van der Waals surface area contributed by atoms with Gasteiger partial charge < -0.3 is 0 Å². The van der Waals surface area contributed by atoms with E-state index in [9.17, 15) is 0 Å². The molecule has 6 aromatic carbocycles. The molecule has 0 saturated carbocycles. The van der Waals surface area contributed by atoms with E-state index in [1.165, 1.54) is 52.5 Å². The molecule has 0 fully saturated rings. The van der Waals surface area contributed by atoms with Gasteiger partial charge in [0.05, 0.1) is 17.1 Å². The highest BCUT2D eigenvalue weighted by Gasteiger charge is 2.29. The van der Waals surface area contributed by atoms with Crippen LogP contribution in [0.25, 0.3) is 70.6 Å². The molecule has 0 N–H and O–H groups in total. The van der Waals surface area contributed by atoms with E-state index in [0.717, 1.165) is 34.4 Å². The van der Waals surface area contributed by atoms with E-state index in [1.807, 2.05) is 11.3 Å². The van der Waals surface area contributed by atoms with Crippen molar-refractivity contribution >= 4 is 70.7 Å². The van der Waals surface area contributed by atoms with Gasteiger partial charge in [0.25, 0.3) is 0 Å². The van der Waals surface area contributed by atoms with E-state index in [-0.39, 0.29) is 5.92 Å². The third-order valence-electron chi connectivity index (χ3n) is 8.34. The number of thiophene rings is 1. The van der Waals surface area contributed by atoms with Crippen LogP contribution in [0, 0.1) is 0 Å². The topological polar surface area (TPSA) is 25.8 Å². The molecular weight excluding hydrogens is 492 g/mol. The monoisotopic (exact) mass is 514 g/mol. The van der Waals surface area contributed by atoms with Crippen molar-refractivity contribution in [3.8, 4) is 11.3 Å². The molecule has 0 amide bonds. The first-order valence-corrected chi connectivity index (χ1v) is 14.3. The maximum Gasteiger partial charge on any atom is 0.138 e. The Morgan fingerprint density at radius 3 is 2.21 bits per heavy atom. The van der Waals surface area contributed by atoms with Crippen molar-refractivity contribution in [2.24, 2.45) is 0 Å². The molecule has 2 aromatic heterocycles. The van der Waals surface area contributed by atoms with Gasteiger partial charge in [0.15, 0.2) is 0 Å². The van der Waals surface area contributed by atoms with Crippen LogP contribution in [0.2, 0.25) is 0 Å². The summed E-state index contributed by atoms with van der Waals surface area (Å²) in [5.74, 6) is 1.03. The molecule has 39 heavy (non-hydrogen) atoms. The fourth-order valence-corrected chi connectivity index (χ4v) is 8.04. The van der Waals surface area contributed by atoms with Gasteiger partial charge in [-0.15, -0.1) is 11.3 Å². The number of nitrogens with zero attached hydrogens (tertiary/aromatic N) is 2. The Morgan fingerprint density at radius 2 is 1.33 bits per heavy atom. The lowest BCUT2D eigenvalue weighted by Crippen LogP contribution is -2.15. The molecule has 0 radical (unpaired) electrons. The van der Waals surface area contributed by atoms with E-state index in [4.69, 9.17) is 9.97 Å². The van der Waals surface area contributed by atoms with Crippen LogP contribution in [-0.4, -0.2) is 9.97 Å². The van der Waals surface area contributed by atoms with Crippen molar-refractivity contribution in [1.29, 1.82) is 0 Å². The highest BCUT2D eigenvalue weighted by Crippen LogP contribution is 2.47. The highest BCUT2D eigenvalue weighted by atomic mass is 32.1. The minimum atomic E-state index is 0.120. The van der Waals surface area contributed by atoms with Gasteiger partial charge in [-0.3, -0.25) is 0 Å². The molecule has 1 aliphatic rings. The standard InChI is InChI=1S/C36H22N2S/c1-2-10-21(11-3-1)34-27-16-8-9-17-29(27)37-36(38-34)28-19-18-26-24-14-6-7-15-25(24)31-23-13-5-4-12-22(23)20-30-33(31)32(26)35(28)39-30/h1-18,20,28H,19H2. The summed E-state index contributed by atoms with van der Waals surface area (Å²) in [6.45, 7) is 0. The van der Waals surface area contributed by atoms with Crippen LogP contribution in [0.15, 0.2) is 109 Å². The first kappa shape index (κ1) is 21.3. The Hall–Kier alpha value is -4.60. The quantitative estimate of drug-likeness (QED) is 0.215. The molecule has 8 aromatic rings. The number of hydrogen-bond donors (Lipinski definition) is 0. The number of fused-ring (bicyclic) bond motifs is 6. The van der Waals surface area contributed by atoms with E-state index >= 15 is 0 Å². The molecule has 0 saturated heterocycles. The lowest BCUT2D eigenvalue weighted by Gasteiger charge is -2.20.